The lowest BCUT2D eigenvalue weighted by Crippen LogP contribution is -2.46. The highest BCUT2D eigenvalue weighted by Crippen LogP contribution is 2.36. The van der Waals surface area contributed by atoms with E-state index in [0.717, 1.165) is 31.4 Å². The van der Waals surface area contributed by atoms with Crippen LogP contribution in [0.1, 0.15) is 24.8 Å². The van der Waals surface area contributed by atoms with Gasteiger partial charge >= 0.3 is 0 Å². The van der Waals surface area contributed by atoms with Gasteiger partial charge in [-0.2, -0.15) is 0 Å². The molecule has 2 aliphatic heterocycles. The summed E-state index contributed by atoms with van der Waals surface area (Å²) in [5.41, 5.74) is 7.03. The maximum Gasteiger partial charge on any atom is 0.153 e. The number of rotatable bonds is 4. The summed E-state index contributed by atoms with van der Waals surface area (Å²) in [4.78, 5) is 12.6. The van der Waals surface area contributed by atoms with Crippen LogP contribution >= 0.6 is 0 Å². The first kappa shape index (κ1) is 14.7. The number of hydrogen-bond acceptors (Lipinski definition) is 4. The second-order valence-corrected chi connectivity index (χ2v) is 6.22. The summed E-state index contributed by atoms with van der Waals surface area (Å²) in [5, 5.41) is 0. The van der Waals surface area contributed by atoms with Crippen molar-refractivity contribution in [3.8, 4) is 0 Å². The zero-order valence-electron chi connectivity index (χ0n) is 12.3. The van der Waals surface area contributed by atoms with Crippen LogP contribution in [-0.4, -0.2) is 37.2 Å². The predicted octanol–water partition coefficient (Wildman–Crippen LogP) is 1.71. The Morgan fingerprint density at radius 2 is 2.14 bits per heavy atom. The lowest BCUT2D eigenvalue weighted by atomic mass is 9.80. The minimum atomic E-state index is -0.421. The Morgan fingerprint density at radius 3 is 2.86 bits per heavy atom. The summed E-state index contributed by atoms with van der Waals surface area (Å²) in [5.74, 6) is 0.188. The van der Waals surface area contributed by atoms with Crippen LogP contribution in [0, 0.1) is 5.92 Å². The van der Waals surface area contributed by atoms with E-state index in [-0.39, 0.29) is 17.3 Å². The van der Waals surface area contributed by atoms with Crippen LogP contribution < -0.4 is 5.73 Å². The first-order valence-electron chi connectivity index (χ1n) is 7.73. The first-order chi connectivity index (χ1) is 10.2. The van der Waals surface area contributed by atoms with Crippen LogP contribution in [0.2, 0.25) is 0 Å². The van der Waals surface area contributed by atoms with Gasteiger partial charge in [0.1, 0.15) is 0 Å². The SMILES string of the molecule is NC(Cc1ccccc1)C(=O)C1CCOC2(CCOC2)C1. The van der Waals surface area contributed by atoms with Gasteiger partial charge in [0.2, 0.25) is 0 Å². The molecule has 4 nitrogen and oxygen atoms in total. The van der Waals surface area contributed by atoms with Gasteiger partial charge in [0.25, 0.3) is 0 Å². The van der Waals surface area contributed by atoms with Gasteiger partial charge < -0.3 is 15.2 Å². The maximum atomic E-state index is 12.6. The molecule has 1 aromatic rings. The monoisotopic (exact) mass is 289 g/mol. The fourth-order valence-corrected chi connectivity index (χ4v) is 3.41. The summed E-state index contributed by atoms with van der Waals surface area (Å²) >= 11 is 0. The molecule has 1 aromatic carbocycles. The number of carbonyl (C=O) groups excluding carboxylic acids is 1. The van der Waals surface area contributed by atoms with Crippen LogP contribution in [0.25, 0.3) is 0 Å². The number of ether oxygens (including phenoxy) is 2. The number of ketones is 1. The molecule has 0 saturated carbocycles. The van der Waals surface area contributed by atoms with E-state index in [1.165, 1.54) is 0 Å². The molecule has 21 heavy (non-hydrogen) atoms. The van der Waals surface area contributed by atoms with Crippen molar-refractivity contribution in [2.24, 2.45) is 11.7 Å². The van der Waals surface area contributed by atoms with Crippen molar-refractivity contribution >= 4 is 5.78 Å². The van der Waals surface area contributed by atoms with Crippen molar-refractivity contribution in [1.82, 2.24) is 0 Å². The zero-order valence-corrected chi connectivity index (χ0v) is 12.3. The molecule has 2 saturated heterocycles. The highest BCUT2D eigenvalue weighted by Gasteiger charge is 2.43. The van der Waals surface area contributed by atoms with E-state index in [4.69, 9.17) is 15.2 Å². The van der Waals surface area contributed by atoms with Gasteiger partial charge in [-0.05, 0) is 24.8 Å². The maximum absolute atomic E-state index is 12.6. The molecule has 2 N–H and O–H groups in total. The molecule has 2 fully saturated rings. The van der Waals surface area contributed by atoms with Gasteiger partial charge in [0, 0.05) is 25.6 Å². The van der Waals surface area contributed by atoms with Gasteiger partial charge in [-0.25, -0.2) is 0 Å². The van der Waals surface area contributed by atoms with E-state index >= 15 is 0 Å². The molecule has 3 rings (SSSR count). The topological polar surface area (TPSA) is 61.6 Å². The predicted molar refractivity (Wildman–Crippen MR) is 80.0 cm³/mol. The molecule has 3 unspecified atom stereocenters. The second kappa shape index (κ2) is 6.26. The van der Waals surface area contributed by atoms with E-state index in [9.17, 15) is 4.79 Å². The normalized spacial score (nSPS) is 30.4. The van der Waals surface area contributed by atoms with E-state index < -0.39 is 6.04 Å². The molecule has 2 heterocycles. The van der Waals surface area contributed by atoms with E-state index in [2.05, 4.69) is 0 Å². The van der Waals surface area contributed by atoms with E-state index in [0.29, 0.717) is 19.6 Å². The minimum absolute atomic E-state index is 0.0131. The molecule has 114 valence electrons. The third-order valence-electron chi connectivity index (χ3n) is 4.63. The summed E-state index contributed by atoms with van der Waals surface area (Å²) < 4.78 is 11.3. The second-order valence-electron chi connectivity index (χ2n) is 6.22. The summed E-state index contributed by atoms with van der Waals surface area (Å²) in [6, 6.07) is 9.54. The third kappa shape index (κ3) is 3.34. The molecule has 0 amide bonds. The molecule has 1 spiro atoms. The molecule has 3 atom stereocenters. The fourth-order valence-electron chi connectivity index (χ4n) is 3.41. The lowest BCUT2D eigenvalue weighted by Gasteiger charge is -2.37. The van der Waals surface area contributed by atoms with Gasteiger partial charge in [0.15, 0.2) is 5.78 Å². The Hall–Kier alpha value is -1.23. The quantitative estimate of drug-likeness (QED) is 0.916. The third-order valence-corrected chi connectivity index (χ3v) is 4.63. The van der Waals surface area contributed by atoms with Gasteiger partial charge in [-0.15, -0.1) is 0 Å². The van der Waals surface area contributed by atoms with Crippen LogP contribution in [0.5, 0.6) is 0 Å². The molecular formula is C17H23NO3. The summed E-state index contributed by atoms with van der Waals surface area (Å²) in [6.45, 7) is 1.99. The van der Waals surface area contributed by atoms with Crippen molar-refractivity contribution in [1.29, 1.82) is 0 Å². The Kier molecular flexibility index (Phi) is 4.38. The van der Waals surface area contributed by atoms with Gasteiger partial charge in [0.05, 0.1) is 18.2 Å². The molecule has 4 heteroatoms. The van der Waals surface area contributed by atoms with E-state index in [1.807, 2.05) is 30.3 Å². The van der Waals surface area contributed by atoms with Crippen molar-refractivity contribution in [2.45, 2.75) is 37.3 Å². The molecule has 0 radical (unpaired) electrons. The van der Waals surface area contributed by atoms with Gasteiger partial charge in [-0.3, -0.25) is 4.79 Å². The largest absolute Gasteiger partial charge is 0.378 e. The summed E-state index contributed by atoms with van der Waals surface area (Å²) in [6.07, 6.45) is 3.04. The number of carbonyl (C=O) groups is 1. The Balaban J connectivity index is 1.61. The number of hydrogen-bond donors (Lipinski definition) is 1. The van der Waals surface area contributed by atoms with Crippen LogP contribution in [0.3, 0.4) is 0 Å². The smallest absolute Gasteiger partial charge is 0.153 e. The molecule has 0 aliphatic carbocycles. The Labute approximate surface area is 125 Å². The molecule has 2 aliphatic rings. The Morgan fingerprint density at radius 1 is 1.33 bits per heavy atom. The van der Waals surface area contributed by atoms with Crippen LogP contribution in [-0.2, 0) is 20.7 Å². The lowest BCUT2D eigenvalue weighted by molar-refractivity contribution is -0.138. The zero-order chi connectivity index (χ0) is 14.7. The Bertz CT molecular complexity index is 482. The highest BCUT2D eigenvalue weighted by atomic mass is 16.6. The molecular weight excluding hydrogens is 266 g/mol. The van der Waals surface area contributed by atoms with Crippen LogP contribution in [0.4, 0.5) is 0 Å². The first-order valence-corrected chi connectivity index (χ1v) is 7.73. The summed E-state index contributed by atoms with van der Waals surface area (Å²) in [7, 11) is 0. The molecule has 0 bridgehead atoms. The average Bonchev–Trinajstić information content (AvgIpc) is 2.95. The number of nitrogens with two attached hydrogens (primary N) is 1. The number of benzene rings is 1. The van der Waals surface area contributed by atoms with Crippen molar-refractivity contribution in [2.75, 3.05) is 19.8 Å². The average molecular weight is 289 g/mol. The van der Waals surface area contributed by atoms with Crippen molar-refractivity contribution in [3.05, 3.63) is 35.9 Å². The van der Waals surface area contributed by atoms with Gasteiger partial charge in [-0.1, -0.05) is 30.3 Å². The number of Topliss-reactive ketones (excluding diaryl/α,β-unsaturated/α-hetero) is 1. The minimum Gasteiger partial charge on any atom is -0.378 e. The molecule has 0 aromatic heterocycles. The van der Waals surface area contributed by atoms with Crippen LogP contribution in [0.15, 0.2) is 30.3 Å². The van der Waals surface area contributed by atoms with E-state index in [1.54, 1.807) is 0 Å². The highest BCUT2D eigenvalue weighted by molar-refractivity contribution is 5.86. The fraction of sp³-hybridized carbons (Fsp3) is 0.588. The van der Waals surface area contributed by atoms with Crippen molar-refractivity contribution in [3.63, 3.8) is 0 Å². The standard InChI is InChI=1S/C17H23NO3/c18-15(10-13-4-2-1-3-5-13)16(19)14-6-8-21-17(11-14)7-9-20-12-17/h1-5,14-15H,6-12,18H2. The van der Waals surface area contributed by atoms with Crippen molar-refractivity contribution < 1.29 is 14.3 Å².